The number of rotatable bonds is 3. The number of aliphatic hydroxyl groups excluding tert-OH is 1. The lowest BCUT2D eigenvalue weighted by Gasteiger charge is -2.05. The summed E-state index contributed by atoms with van der Waals surface area (Å²) in [5.74, 6) is -0.219. The summed E-state index contributed by atoms with van der Waals surface area (Å²) in [5.41, 5.74) is 0.917. The van der Waals surface area contributed by atoms with Gasteiger partial charge in [-0.15, -0.1) is 0 Å². The average molecular weight is 258 g/mol. The zero-order chi connectivity index (χ0) is 12.4. The maximum atomic E-state index is 13.4. The Kier molecular flexibility index (Phi) is 3.31. The van der Waals surface area contributed by atoms with Crippen LogP contribution in [0.25, 0.3) is 11.3 Å². The van der Waals surface area contributed by atoms with E-state index in [-0.39, 0.29) is 17.4 Å². The van der Waals surface area contributed by atoms with Gasteiger partial charge in [-0.2, -0.15) is 0 Å². The summed E-state index contributed by atoms with van der Waals surface area (Å²) >= 11 is 5.72. The summed E-state index contributed by atoms with van der Waals surface area (Å²) < 4.78 is 23.3. The van der Waals surface area contributed by atoms with Gasteiger partial charge in [-0.05, 0) is 12.1 Å². The molecule has 1 aromatic heterocycles. The fraction of sp³-hybridized carbons (Fsp3) is 0.182. The van der Waals surface area contributed by atoms with Gasteiger partial charge in [0.2, 0.25) is 0 Å². The van der Waals surface area contributed by atoms with Crippen molar-refractivity contribution in [2.75, 3.05) is 7.11 Å². The minimum absolute atomic E-state index is 0.0226. The Morgan fingerprint density at radius 2 is 2.24 bits per heavy atom. The van der Waals surface area contributed by atoms with E-state index in [0.717, 1.165) is 0 Å². The van der Waals surface area contributed by atoms with Gasteiger partial charge in [-0.25, -0.2) is 4.39 Å². The van der Waals surface area contributed by atoms with Crippen LogP contribution in [0.5, 0.6) is 5.75 Å². The SMILES string of the molecule is COc1cc(-c2cc(CO)no2)cc(Cl)c1F. The summed E-state index contributed by atoms with van der Waals surface area (Å²) in [6.07, 6.45) is 0. The molecule has 0 aliphatic carbocycles. The summed E-state index contributed by atoms with van der Waals surface area (Å²) in [5, 5.41) is 12.4. The first kappa shape index (κ1) is 11.9. The van der Waals surface area contributed by atoms with Crippen LogP contribution in [0.3, 0.4) is 0 Å². The van der Waals surface area contributed by atoms with Gasteiger partial charge in [-0.3, -0.25) is 0 Å². The molecule has 17 heavy (non-hydrogen) atoms. The number of hydrogen-bond donors (Lipinski definition) is 1. The van der Waals surface area contributed by atoms with E-state index in [4.69, 9.17) is 26.0 Å². The highest BCUT2D eigenvalue weighted by atomic mass is 35.5. The highest BCUT2D eigenvalue weighted by Gasteiger charge is 2.13. The molecular formula is C11H9ClFNO3. The fourth-order valence-corrected chi connectivity index (χ4v) is 1.59. The molecule has 2 rings (SSSR count). The Morgan fingerprint density at radius 3 is 2.82 bits per heavy atom. The number of hydrogen-bond acceptors (Lipinski definition) is 4. The van der Waals surface area contributed by atoms with Gasteiger partial charge in [0.1, 0.15) is 5.69 Å². The normalized spacial score (nSPS) is 10.6. The predicted octanol–water partition coefficient (Wildman–Crippen LogP) is 2.64. The molecule has 90 valence electrons. The first-order valence-electron chi connectivity index (χ1n) is 4.75. The van der Waals surface area contributed by atoms with E-state index >= 15 is 0 Å². The van der Waals surface area contributed by atoms with Crippen LogP contribution in [0.2, 0.25) is 5.02 Å². The Morgan fingerprint density at radius 1 is 1.47 bits per heavy atom. The molecule has 1 aromatic carbocycles. The van der Waals surface area contributed by atoms with Crippen LogP contribution in [0.1, 0.15) is 5.69 Å². The van der Waals surface area contributed by atoms with E-state index in [1.54, 1.807) is 6.07 Å². The highest BCUT2D eigenvalue weighted by Crippen LogP contribution is 2.32. The Hall–Kier alpha value is -1.59. The summed E-state index contributed by atoms with van der Waals surface area (Å²) in [7, 11) is 1.35. The fourth-order valence-electron chi connectivity index (χ4n) is 1.38. The average Bonchev–Trinajstić information content (AvgIpc) is 2.81. The third-order valence-corrected chi connectivity index (χ3v) is 2.50. The molecule has 0 aliphatic rings. The third kappa shape index (κ3) is 2.25. The molecule has 6 heteroatoms. The highest BCUT2D eigenvalue weighted by molar-refractivity contribution is 6.31. The van der Waals surface area contributed by atoms with Crippen LogP contribution in [0.4, 0.5) is 4.39 Å². The standard InChI is InChI=1S/C11H9ClFNO3/c1-16-10-3-6(2-8(12)11(10)13)9-4-7(5-15)14-17-9/h2-4,15H,5H2,1H3. The van der Waals surface area contributed by atoms with E-state index in [0.29, 0.717) is 17.0 Å². The first-order chi connectivity index (χ1) is 8.15. The largest absolute Gasteiger partial charge is 0.494 e. The van der Waals surface area contributed by atoms with E-state index < -0.39 is 5.82 Å². The number of benzene rings is 1. The van der Waals surface area contributed by atoms with Crippen LogP contribution in [0, 0.1) is 5.82 Å². The third-order valence-electron chi connectivity index (χ3n) is 2.22. The van der Waals surface area contributed by atoms with Gasteiger partial charge in [-0.1, -0.05) is 16.8 Å². The number of aromatic nitrogens is 1. The van der Waals surface area contributed by atoms with E-state index in [2.05, 4.69) is 5.16 Å². The topological polar surface area (TPSA) is 55.5 Å². The summed E-state index contributed by atoms with van der Waals surface area (Å²) in [6.45, 7) is -0.227. The van der Waals surface area contributed by atoms with Crippen LogP contribution in [-0.4, -0.2) is 17.4 Å². The number of ether oxygens (including phenoxy) is 1. The van der Waals surface area contributed by atoms with Gasteiger partial charge in [0.05, 0.1) is 18.7 Å². The van der Waals surface area contributed by atoms with Crippen molar-refractivity contribution in [3.8, 4) is 17.1 Å². The molecule has 4 nitrogen and oxygen atoms in total. The second-order valence-electron chi connectivity index (χ2n) is 3.31. The quantitative estimate of drug-likeness (QED) is 0.918. The molecule has 0 unspecified atom stereocenters. The molecule has 0 atom stereocenters. The second-order valence-corrected chi connectivity index (χ2v) is 3.72. The van der Waals surface area contributed by atoms with Gasteiger partial charge in [0, 0.05) is 11.6 Å². The molecule has 0 saturated heterocycles. The second kappa shape index (κ2) is 4.73. The number of halogens is 2. The first-order valence-corrected chi connectivity index (χ1v) is 5.13. The molecule has 0 amide bonds. The molecule has 0 bridgehead atoms. The van der Waals surface area contributed by atoms with Crippen molar-refractivity contribution in [1.82, 2.24) is 5.16 Å². The summed E-state index contributed by atoms with van der Waals surface area (Å²) in [4.78, 5) is 0. The molecule has 0 saturated carbocycles. The van der Waals surface area contributed by atoms with Gasteiger partial charge < -0.3 is 14.4 Å². The van der Waals surface area contributed by atoms with Crippen molar-refractivity contribution >= 4 is 11.6 Å². The Bertz CT molecular complexity index is 542. The molecule has 2 aromatic rings. The van der Waals surface area contributed by atoms with Gasteiger partial charge in [0.15, 0.2) is 17.3 Å². The zero-order valence-electron chi connectivity index (χ0n) is 8.91. The van der Waals surface area contributed by atoms with Gasteiger partial charge >= 0.3 is 0 Å². The minimum atomic E-state index is -0.625. The van der Waals surface area contributed by atoms with Crippen molar-refractivity contribution in [3.05, 3.63) is 34.7 Å². The minimum Gasteiger partial charge on any atom is -0.494 e. The van der Waals surface area contributed by atoms with Crippen LogP contribution in [-0.2, 0) is 6.61 Å². The van der Waals surface area contributed by atoms with Crippen molar-refractivity contribution in [2.45, 2.75) is 6.61 Å². The van der Waals surface area contributed by atoms with Crippen molar-refractivity contribution in [1.29, 1.82) is 0 Å². The van der Waals surface area contributed by atoms with Crippen LogP contribution >= 0.6 is 11.6 Å². The van der Waals surface area contributed by atoms with Gasteiger partial charge in [0.25, 0.3) is 0 Å². The molecule has 0 spiro atoms. The van der Waals surface area contributed by atoms with E-state index in [1.807, 2.05) is 0 Å². The number of methoxy groups -OCH3 is 1. The molecule has 0 radical (unpaired) electrons. The predicted molar refractivity (Wildman–Crippen MR) is 59.4 cm³/mol. The lowest BCUT2D eigenvalue weighted by molar-refractivity contribution is 0.267. The smallest absolute Gasteiger partial charge is 0.183 e. The Balaban J connectivity index is 2.48. The van der Waals surface area contributed by atoms with Crippen LogP contribution in [0.15, 0.2) is 22.7 Å². The molecule has 1 N–H and O–H groups in total. The maximum Gasteiger partial charge on any atom is 0.183 e. The zero-order valence-corrected chi connectivity index (χ0v) is 9.66. The lowest BCUT2D eigenvalue weighted by atomic mass is 10.1. The molecule has 1 heterocycles. The Labute approximate surface area is 102 Å². The lowest BCUT2D eigenvalue weighted by Crippen LogP contribution is -1.90. The van der Waals surface area contributed by atoms with Crippen molar-refractivity contribution < 1.29 is 18.8 Å². The molecule has 0 aliphatic heterocycles. The molecule has 0 fully saturated rings. The summed E-state index contributed by atoms with van der Waals surface area (Å²) in [6, 6.07) is 4.40. The van der Waals surface area contributed by atoms with Crippen molar-refractivity contribution in [3.63, 3.8) is 0 Å². The van der Waals surface area contributed by atoms with E-state index in [9.17, 15) is 4.39 Å². The maximum absolute atomic E-state index is 13.4. The monoisotopic (exact) mass is 257 g/mol. The number of aliphatic hydroxyl groups is 1. The van der Waals surface area contributed by atoms with E-state index in [1.165, 1.54) is 19.2 Å². The van der Waals surface area contributed by atoms with Crippen molar-refractivity contribution in [2.24, 2.45) is 0 Å². The molecular weight excluding hydrogens is 249 g/mol. The van der Waals surface area contributed by atoms with Crippen LogP contribution < -0.4 is 4.74 Å². The number of nitrogens with zero attached hydrogens (tertiary/aromatic N) is 1.